The molecule has 3 heterocycles. The lowest BCUT2D eigenvalue weighted by Gasteiger charge is -2.35. The number of thioether (sulfide) groups is 1. The summed E-state index contributed by atoms with van der Waals surface area (Å²) in [7, 11) is 3.09. The summed E-state index contributed by atoms with van der Waals surface area (Å²) in [6, 6.07) is 0.324. The van der Waals surface area contributed by atoms with Crippen LogP contribution in [0.5, 0.6) is 0 Å². The van der Waals surface area contributed by atoms with E-state index in [9.17, 15) is 14.4 Å². The minimum atomic E-state index is -0.398. The smallest absolute Gasteiger partial charge is 0.332 e. The van der Waals surface area contributed by atoms with Gasteiger partial charge in [-0.05, 0) is 32.1 Å². The van der Waals surface area contributed by atoms with E-state index in [-0.39, 0.29) is 17.2 Å². The van der Waals surface area contributed by atoms with Crippen molar-refractivity contribution in [1.29, 1.82) is 0 Å². The van der Waals surface area contributed by atoms with Crippen LogP contribution in [0.25, 0.3) is 11.2 Å². The van der Waals surface area contributed by atoms with Crippen molar-refractivity contribution < 1.29 is 4.79 Å². The molecule has 3 rings (SSSR count). The Bertz CT molecular complexity index is 990. The number of rotatable bonds is 6. The van der Waals surface area contributed by atoms with Crippen LogP contribution in [0.2, 0.25) is 0 Å². The second kappa shape index (κ2) is 8.55. The van der Waals surface area contributed by atoms with Crippen molar-refractivity contribution in [2.75, 3.05) is 12.3 Å². The number of fused-ring (bicyclic) bond motifs is 1. The predicted octanol–water partition coefficient (Wildman–Crippen LogP) is 1.73. The lowest BCUT2D eigenvalue weighted by Crippen LogP contribution is -2.44. The standard InChI is InChI=1S/C19H29N5O3S/c1-5-10-24-15-16(21(3)19(27)22(4)17(15)26)20-18(24)28-12-14(25)23-11-8-7-9-13(23)6-2/h13H,5-12H2,1-4H3/t13-/m0/s1. The van der Waals surface area contributed by atoms with Crippen LogP contribution < -0.4 is 11.2 Å². The molecule has 0 unspecified atom stereocenters. The first-order chi connectivity index (χ1) is 13.4. The summed E-state index contributed by atoms with van der Waals surface area (Å²) in [5.41, 5.74) is 0.0522. The number of carbonyl (C=O) groups is 1. The summed E-state index contributed by atoms with van der Waals surface area (Å²) in [6.45, 7) is 5.58. The SMILES string of the molecule is CCCn1c(SCC(=O)N2CCCC[C@@H]2CC)nc2c1c(=O)n(C)c(=O)n2C. The molecule has 28 heavy (non-hydrogen) atoms. The highest BCUT2D eigenvalue weighted by molar-refractivity contribution is 7.99. The van der Waals surface area contributed by atoms with Crippen molar-refractivity contribution in [1.82, 2.24) is 23.6 Å². The van der Waals surface area contributed by atoms with Crippen LogP contribution in [0.1, 0.15) is 46.0 Å². The van der Waals surface area contributed by atoms with Gasteiger partial charge in [0.2, 0.25) is 5.91 Å². The Labute approximate surface area is 168 Å². The van der Waals surface area contributed by atoms with Gasteiger partial charge in [0, 0.05) is 33.2 Å². The van der Waals surface area contributed by atoms with Gasteiger partial charge in [0.05, 0.1) is 5.75 Å². The molecule has 1 amide bonds. The summed E-state index contributed by atoms with van der Waals surface area (Å²) in [6.07, 6.45) is 5.10. The molecule has 0 spiro atoms. The number of aromatic nitrogens is 4. The molecule has 0 aliphatic carbocycles. The fourth-order valence-corrected chi connectivity index (χ4v) is 4.84. The molecule has 0 bridgehead atoms. The predicted molar refractivity (Wildman–Crippen MR) is 111 cm³/mol. The zero-order chi connectivity index (χ0) is 20.4. The molecule has 154 valence electrons. The zero-order valence-corrected chi connectivity index (χ0v) is 17.9. The Morgan fingerprint density at radius 1 is 1.18 bits per heavy atom. The minimum Gasteiger partial charge on any atom is -0.339 e. The van der Waals surface area contributed by atoms with Crippen LogP contribution in [0.3, 0.4) is 0 Å². The van der Waals surface area contributed by atoms with Gasteiger partial charge in [0.15, 0.2) is 16.3 Å². The van der Waals surface area contributed by atoms with Crippen molar-refractivity contribution in [3.05, 3.63) is 20.8 Å². The molecule has 0 radical (unpaired) electrons. The maximum absolute atomic E-state index is 12.8. The van der Waals surface area contributed by atoms with E-state index in [0.717, 1.165) is 36.8 Å². The molecule has 0 aromatic carbocycles. The molecule has 1 aliphatic heterocycles. The first-order valence-corrected chi connectivity index (χ1v) is 11.0. The van der Waals surface area contributed by atoms with E-state index in [1.165, 1.54) is 29.8 Å². The van der Waals surface area contributed by atoms with Gasteiger partial charge in [-0.2, -0.15) is 0 Å². The average molecular weight is 408 g/mol. The molecular formula is C19H29N5O3S. The highest BCUT2D eigenvalue weighted by Gasteiger charge is 2.26. The quantitative estimate of drug-likeness (QED) is 0.681. The van der Waals surface area contributed by atoms with E-state index in [1.54, 1.807) is 7.05 Å². The monoisotopic (exact) mass is 407 g/mol. The van der Waals surface area contributed by atoms with E-state index in [0.29, 0.717) is 28.9 Å². The fourth-order valence-electron chi connectivity index (χ4n) is 3.93. The molecular weight excluding hydrogens is 378 g/mol. The highest BCUT2D eigenvalue weighted by Crippen LogP contribution is 2.25. The van der Waals surface area contributed by atoms with Gasteiger partial charge in [0.1, 0.15) is 0 Å². The van der Waals surface area contributed by atoms with Gasteiger partial charge in [0.25, 0.3) is 5.56 Å². The molecule has 1 atom stereocenters. The van der Waals surface area contributed by atoms with Crippen molar-refractivity contribution in [3.8, 4) is 0 Å². The van der Waals surface area contributed by atoms with Crippen LogP contribution in [-0.2, 0) is 25.4 Å². The molecule has 8 nitrogen and oxygen atoms in total. The Kier molecular flexibility index (Phi) is 6.32. The van der Waals surface area contributed by atoms with Gasteiger partial charge in [-0.3, -0.25) is 18.7 Å². The van der Waals surface area contributed by atoms with Crippen molar-refractivity contribution in [3.63, 3.8) is 0 Å². The number of amides is 1. The van der Waals surface area contributed by atoms with Crippen LogP contribution >= 0.6 is 11.8 Å². The van der Waals surface area contributed by atoms with Crippen LogP contribution in [0.4, 0.5) is 0 Å². The maximum atomic E-state index is 12.8. The van der Waals surface area contributed by atoms with E-state index < -0.39 is 5.69 Å². The Morgan fingerprint density at radius 2 is 1.93 bits per heavy atom. The van der Waals surface area contributed by atoms with E-state index >= 15 is 0 Å². The van der Waals surface area contributed by atoms with E-state index in [2.05, 4.69) is 11.9 Å². The van der Waals surface area contributed by atoms with Gasteiger partial charge in [-0.15, -0.1) is 0 Å². The number of likely N-dealkylation sites (tertiary alicyclic amines) is 1. The highest BCUT2D eigenvalue weighted by atomic mass is 32.2. The molecule has 2 aromatic heterocycles. The summed E-state index contributed by atoms with van der Waals surface area (Å²) in [4.78, 5) is 44.3. The molecule has 1 saturated heterocycles. The topological polar surface area (TPSA) is 82.1 Å². The van der Waals surface area contributed by atoms with E-state index in [1.807, 2.05) is 16.4 Å². The molecule has 9 heteroatoms. The maximum Gasteiger partial charge on any atom is 0.332 e. The summed E-state index contributed by atoms with van der Waals surface area (Å²) < 4.78 is 4.35. The minimum absolute atomic E-state index is 0.119. The summed E-state index contributed by atoms with van der Waals surface area (Å²) in [5.74, 6) is 0.408. The van der Waals surface area contributed by atoms with Gasteiger partial charge >= 0.3 is 5.69 Å². The first kappa shape index (κ1) is 20.7. The van der Waals surface area contributed by atoms with Crippen molar-refractivity contribution in [2.24, 2.45) is 14.1 Å². The number of carbonyl (C=O) groups excluding carboxylic acids is 1. The lowest BCUT2D eigenvalue weighted by molar-refractivity contribution is -0.132. The molecule has 0 N–H and O–H groups in total. The molecule has 0 saturated carbocycles. The van der Waals surface area contributed by atoms with Crippen molar-refractivity contribution in [2.45, 2.75) is 63.7 Å². The lowest BCUT2D eigenvalue weighted by atomic mass is 10.0. The molecule has 1 fully saturated rings. The van der Waals surface area contributed by atoms with E-state index in [4.69, 9.17) is 0 Å². The Morgan fingerprint density at radius 3 is 2.61 bits per heavy atom. The number of piperidine rings is 1. The molecule has 1 aliphatic rings. The largest absolute Gasteiger partial charge is 0.339 e. The number of hydrogen-bond donors (Lipinski definition) is 0. The third kappa shape index (κ3) is 3.64. The Balaban J connectivity index is 1.92. The molecule has 2 aromatic rings. The second-order valence-electron chi connectivity index (χ2n) is 7.36. The zero-order valence-electron chi connectivity index (χ0n) is 17.1. The number of imidazole rings is 1. The summed E-state index contributed by atoms with van der Waals surface area (Å²) >= 11 is 1.35. The van der Waals surface area contributed by atoms with Crippen LogP contribution in [-0.4, -0.2) is 47.8 Å². The van der Waals surface area contributed by atoms with Gasteiger partial charge < -0.3 is 9.47 Å². The van der Waals surface area contributed by atoms with Crippen molar-refractivity contribution >= 4 is 28.8 Å². The number of hydrogen-bond acceptors (Lipinski definition) is 5. The normalized spacial score (nSPS) is 17.4. The van der Waals surface area contributed by atoms with Gasteiger partial charge in [-0.1, -0.05) is 25.6 Å². The number of aryl methyl sites for hydroxylation is 2. The van der Waals surface area contributed by atoms with Gasteiger partial charge in [-0.25, -0.2) is 9.78 Å². The summed E-state index contributed by atoms with van der Waals surface area (Å²) in [5, 5.41) is 0.619. The first-order valence-electron chi connectivity index (χ1n) is 9.99. The average Bonchev–Trinajstić information content (AvgIpc) is 3.07. The third-order valence-electron chi connectivity index (χ3n) is 5.50. The fraction of sp³-hybridized carbons (Fsp3) is 0.684. The number of nitrogens with zero attached hydrogens (tertiary/aromatic N) is 5. The Hall–Kier alpha value is -2.03. The second-order valence-corrected chi connectivity index (χ2v) is 8.30. The third-order valence-corrected chi connectivity index (χ3v) is 6.46. The van der Waals surface area contributed by atoms with Crippen LogP contribution in [0, 0.1) is 0 Å². The van der Waals surface area contributed by atoms with Crippen LogP contribution in [0.15, 0.2) is 14.7 Å².